The molecule has 1 fully saturated rings. The van der Waals surface area contributed by atoms with Crippen molar-refractivity contribution in [3.8, 4) is 0 Å². The zero-order chi connectivity index (χ0) is 17.7. The minimum Gasteiger partial charge on any atom is -0.358 e. The molecule has 0 aliphatic carbocycles. The quantitative estimate of drug-likeness (QED) is 0.521. The predicted octanol–water partition coefficient (Wildman–Crippen LogP) is 2.16. The monoisotopic (exact) mass is 352 g/mol. The molecule has 3 N–H and O–H groups in total. The maximum absolute atomic E-state index is 13.8. The molecule has 0 amide bonds. The molecule has 5 rings (SSSR count). The highest BCUT2D eigenvalue weighted by atomic mass is 19.1. The fourth-order valence-corrected chi connectivity index (χ4v) is 3.37. The van der Waals surface area contributed by atoms with Crippen LogP contribution in [0.5, 0.6) is 0 Å². The largest absolute Gasteiger partial charge is 0.358 e. The molecule has 1 aliphatic heterocycles. The van der Waals surface area contributed by atoms with Crippen LogP contribution in [0.4, 0.5) is 10.2 Å². The molecule has 0 bridgehead atoms. The van der Waals surface area contributed by atoms with Gasteiger partial charge in [-0.25, -0.2) is 24.3 Å². The third kappa shape index (κ3) is 2.31. The van der Waals surface area contributed by atoms with Crippen molar-refractivity contribution in [1.29, 1.82) is 0 Å². The number of aromatic amines is 1. The van der Waals surface area contributed by atoms with E-state index in [0.717, 1.165) is 35.5 Å². The molecule has 1 atom stereocenters. The van der Waals surface area contributed by atoms with Crippen LogP contribution in [0.25, 0.3) is 22.2 Å². The summed E-state index contributed by atoms with van der Waals surface area (Å²) in [4.78, 5) is 20.4. The number of benzene rings is 1. The van der Waals surface area contributed by atoms with Gasteiger partial charge >= 0.3 is 0 Å². The van der Waals surface area contributed by atoms with Crippen molar-refractivity contribution in [2.24, 2.45) is 0 Å². The van der Waals surface area contributed by atoms with Crippen LogP contribution in [0.1, 0.15) is 24.8 Å². The number of fused-ring (bicyclic) bond motifs is 2. The summed E-state index contributed by atoms with van der Waals surface area (Å²) in [7, 11) is 0. The number of anilines is 1. The minimum atomic E-state index is -0.256. The third-order valence-electron chi connectivity index (χ3n) is 4.77. The molecule has 132 valence electrons. The molecular formula is C17H17FN8. The van der Waals surface area contributed by atoms with Gasteiger partial charge in [-0.15, -0.1) is 0 Å². The molecule has 26 heavy (non-hydrogen) atoms. The number of H-pyrrole nitrogens is 1. The molecule has 1 aromatic carbocycles. The van der Waals surface area contributed by atoms with E-state index in [0.29, 0.717) is 11.5 Å². The highest BCUT2D eigenvalue weighted by molar-refractivity contribution is 5.82. The van der Waals surface area contributed by atoms with Gasteiger partial charge in [0.2, 0.25) is 0 Å². The average molecular weight is 352 g/mol. The summed E-state index contributed by atoms with van der Waals surface area (Å²) in [5.74, 6) is 1.26. The van der Waals surface area contributed by atoms with E-state index >= 15 is 0 Å². The molecule has 0 saturated carbocycles. The van der Waals surface area contributed by atoms with Crippen LogP contribution >= 0.6 is 0 Å². The summed E-state index contributed by atoms with van der Waals surface area (Å²) < 4.78 is 15.9. The Hall–Kier alpha value is -3.07. The van der Waals surface area contributed by atoms with Gasteiger partial charge < -0.3 is 20.2 Å². The fraction of sp³-hybridized carbons (Fsp3) is 0.294. The molecule has 1 aliphatic rings. The van der Waals surface area contributed by atoms with Crippen LogP contribution in [-0.2, 0) is 0 Å². The molecular weight excluding hydrogens is 335 g/mol. The van der Waals surface area contributed by atoms with Crippen molar-refractivity contribution in [1.82, 2.24) is 34.8 Å². The zero-order valence-electron chi connectivity index (χ0n) is 14.1. The van der Waals surface area contributed by atoms with Crippen LogP contribution in [0.3, 0.4) is 0 Å². The Morgan fingerprint density at radius 2 is 2.15 bits per heavy atom. The summed E-state index contributed by atoms with van der Waals surface area (Å²) in [6, 6.07) is 4.85. The second-order valence-corrected chi connectivity index (χ2v) is 6.47. The maximum atomic E-state index is 13.8. The van der Waals surface area contributed by atoms with Gasteiger partial charge in [-0.2, -0.15) is 0 Å². The Labute approximate surface area is 147 Å². The van der Waals surface area contributed by atoms with Crippen molar-refractivity contribution in [2.45, 2.75) is 19.0 Å². The lowest BCUT2D eigenvalue weighted by atomic mass is 10.1. The van der Waals surface area contributed by atoms with E-state index in [-0.39, 0.29) is 17.9 Å². The van der Waals surface area contributed by atoms with Crippen molar-refractivity contribution >= 4 is 28.0 Å². The van der Waals surface area contributed by atoms with Gasteiger partial charge in [0, 0.05) is 13.1 Å². The lowest BCUT2D eigenvalue weighted by molar-refractivity contribution is 0.340. The first-order chi connectivity index (χ1) is 12.7. The summed E-state index contributed by atoms with van der Waals surface area (Å²) >= 11 is 0. The van der Waals surface area contributed by atoms with Gasteiger partial charge in [-0.05, 0) is 25.1 Å². The van der Waals surface area contributed by atoms with E-state index in [1.54, 1.807) is 18.5 Å². The van der Waals surface area contributed by atoms with Crippen LogP contribution in [0.15, 0.2) is 30.9 Å². The van der Waals surface area contributed by atoms with Gasteiger partial charge in [0.1, 0.15) is 23.5 Å². The SMILES string of the molecule is C[C@H](Nc1ncnc2nc[nH]c12)c1nc2ccc(F)cc2n1C1CNC1. The Balaban J connectivity index is 1.58. The Morgan fingerprint density at radius 3 is 2.96 bits per heavy atom. The molecule has 9 heteroatoms. The van der Waals surface area contributed by atoms with Gasteiger partial charge in [0.05, 0.1) is 29.4 Å². The summed E-state index contributed by atoms with van der Waals surface area (Å²) in [6.45, 7) is 3.71. The fourth-order valence-electron chi connectivity index (χ4n) is 3.37. The topological polar surface area (TPSA) is 96.3 Å². The number of halogens is 1. The summed E-state index contributed by atoms with van der Waals surface area (Å²) in [5.41, 5.74) is 2.96. The number of nitrogens with zero attached hydrogens (tertiary/aromatic N) is 5. The number of hydrogen-bond donors (Lipinski definition) is 3. The lowest BCUT2D eigenvalue weighted by Crippen LogP contribution is -2.44. The normalized spacial score (nSPS) is 16.1. The van der Waals surface area contributed by atoms with Gasteiger partial charge in [-0.1, -0.05) is 0 Å². The summed E-state index contributed by atoms with van der Waals surface area (Å²) in [6.07, 6.45) is 3.07. The molecule has 0 unspecified atom stereocenters. The Bertz CT molecular complexity index is 1100. The van der Waals surface area contributed by atoms with E-state index in [1.807, 2.05) is 6.92 Å². The molecule has 1 saturated heterocycles. The van der Waals surface area contributed by atoms with Crippen LogP contribution in [0.2, 0.25) is 0 Å². The van der Waals surface area contributed by atoms with Gasteiger partial charge in [0.15, 0.2) is 11.5 Å². The van der Waals surface area contributed by atoms with Gasteiger partial charge in [-0.3, -0.25) is 0 Å². The van der Waals surface area contributed by atoms with Crippen LogP contribution < -0.4 is 10.6 Å². The number of aromatic nitrogens is 6. The number of nitrogens with one attached hydrogen (secondary N) is 3. The number of rotatable bonds is 4. The summed E-state index contributed by atoms with van der Waals surface area (Å²) in [5, 5.41) is 6.66. The third-order valence-corrected chi connectivity index (χ3v) is 4.77. The van der Waals surface area contributed by atoms with Crippen LogP contribution in [0, 0.1) is 5.82 Å². The van der Waals surface area contributed by atoms with E-state index < -0.39 is 0 Å². The highest BCUT2D eigenvalue weighted by Crippen LogP contribution is 2.29. The van der Waals surface area contributed by atoms with Crippen molar-refractivity contribution in [2.75, 3.05) is 18.4 Å². The Morgan fingerprint density at radius 1 is 1.27 bits per heavy atom. The number of imidazole rings is 2. The maximum Gasteiger partial charge on any atom is 0.182 e. The van der Waals surface area contributed by atoms with Crippen molar-refractivity contribution in [3.05, 3.63) is 42.5 Å². The molecule has 3 aromatic heterocycles. The molecule has 8 nitrogen and oxygen atoms in total. The second-order valence-electron chi connectivity index (χ2n) is 6.47. The average Bonchev–Trinajstić information content (AvgIpc) is 3.19. The van der Waals surface area contributed by atoms with Crippen molar-refractivity contribution in [3.63, 3.8) is 0 Å². The first kappa shape index (κ1) is 15.2. The molecule has 0 spiro atoms. The second kappa shape index (κ2) is 5.73. The van der Waals surface area contributed by atoms with Crippen LogP contribution in [-0.4, -0.2) is 42.6 Å². The van der Waals surface area contributed by atoms with Gasteiger partial charge in [0.25, 0.3) is 0 Å². The van der Waals surface area contributed by atoms with E-state index in [2.05, 4.69) is 35.1 Å². The first-order valence-electron chi connectivity index (χ1n) is 8.49. The minimum absolute atomic E-state index is 0.132. The molecule has 4 heterocycles. The predicted molar refractivity (Wildman–Crippen MR) is 95.3 cm³/mol. The smallest absolute Gasteiger partial charge is 0.182 e. The standard InChI is InChI=1S/C17H17FN8/c1-9(24-16-14-15(21-7-20-14)22-8-23-16)17-25-12-3-2-10(18)4-13(12)26(17)11-5-19-6-11/h2-4,7-9,11,19H,5-6H2,1H3,(H2,20,21,22,23,24)/t9-/m0/s1. The highest BCUT2D eigenvalue weighted by Gasteiger charge is 2.27. The van der Waals surface area contributed by atoms with E-state index in [4.69, 9.17) is 4.98 Å². The van der Waals surface area contributed by atoms with E-state index in [1.165, 1.54) is 12.4 Å². The van der Waals surface area contributed by atoms with Crippen molar-refractivity contribution < 1.29 is 4.39 Å². The number of hydrogen-bond acceptors (Lipinski definition) is 6. The molecule has 0 radical (unpaired) electrons. The first-order valence-corrected chi connectivity index (χ1v) is 8.49. The lowest BCUT2D eigenvalue weighted by Gasteiger charge is -2.31. The van der Waals surface area contributed by atoms with E-state index in [9.17, 15) is 4.39 Å². The molecule has 4 aromatic rings. The zero-order valence-corrected chi connectivity index (χ0v) is 14.1. The Kier molecular flexibility index (Phi) is 3.35.